The van der Waals surface area contributed by atoms with Crippen molar-refractivity contribution in [2.75, 3.05) is 6.61 Å². The predicted molar refractivity (Wildman–Crippen MR) is 168 cm³/mol. The molecule has 0 amide bonds. The molecule has 2 heterocycles. The first-order valence-electron chi connectivity index (χ1n) is 17.7. The Morgan fingerprint density at radius 3 is 2.20 bits per heavy atom. The Kier molecular flexibility index (Phi) is 8.52. The van der Waals surface area contributed by atoms with E-state index in [-0.39, 0.29) is 51.8 Å². The SMILES string of the molecule is CC(C)(O)C1CCC(C)(C2CCC3(C)C2C(O)CC2C4(C)CCC(=O)C(C)(C)C4C(OC4OC(CO)C(O)C(O)C4O)CC23C)O1. The summed E-state index contributed by atoms with van der Waals surface area (Å²) in [5.74, 6) is 0.0842. The molecule has 46 heavy (non-hydrogen) atoms. The van der Waals surface area contributed by atoms with E-state index in [4.69, 9.17) is 14.2 Å². The maximum absolute atomic E-state index is 13.6. The molecule has 6 fully saturated rings. The summed E-state index contributed by atoms with van der Waals surface area (Å²) in [4.78, 5) is 13.6. The van der Waals surface area contributed by atoms with Gasteiger partial charge in [0.1, 0.15) is 30.2 Å². The van der Waals surface area contributed by atoms with Gasteiger partial charge in [0.2, 0.25) is 0 Å². The normalized spacial score (nSPS) is 55.5. The van der Waals surface area contributed by atoms with E-state index in [1.54, 1.807) is 13.8 Å². The quantitative estimate of drug-likeness (QED) is 0.243. The first-order valence-corrected chi connectivity index (χ1v) is 17.7. The Labute approximate surface area is 274 Å². The second-order valence-electron chi connectivity index (χ2n) is 18.2. The van der Waals surface area contributed by atoms with Gasteiger partial charge in [-0.1, -0.05) is 34.6 Å². The van der Waals surface area contributed by atoms with Crippen LogP contribution in [0.5, 0.6) is 0 Å². The molecule has 10 nitrogen and oxygen atoms in total. The third-order valence-electron chi connectivity index (χ3n) is 15.0. The zero-order valence-corrected chi connectivity index (χ0v) is 29.1. The monoisotopic (exact) mass is 652 g/mol. The molecule has 10 heteroatoms. The van der Waals surface area contributed by atoms with E-state index in [9.17, 15) is 35.4 Å². The van der Waals surface area contributed by atoms with Crippen LogP contribution in [0.25, 0.3) is 0 Å². The maximum Gasteiger partial charge on any atom is 0.186 e. The summed E-state index contributed by atoms with van der Waals surface area (Å²) < 4.78 is 19.3. The van der Waals surface area contributed by atoms with Gasteiger partial charge in [0.25, 0.3) is 0 Å². The molecule has 6 rings (SSSR count). The summed E-state index contributed by atoms with van der Waals surface area (Å²) in [6, 6.07) is 0. The Balaban J connectivity index is 1.39. The van der Waals surface area contributed by atoms with Crippen LogP contribution in [0.3, 0.4) is 0 Å². The summed E-state index contributed by atoms with van der Waals surface area (Å²) in [5.41, 5.74) is -3.16. The molecule has 2 aliphatic heterocycles. The molecule has 6 aliphatic rings. The van der Waals surface area contributed by atoms with E-state index >= 15 is 0 Å². The molecule has 0 spiro atoms. The molecule has 264 valence electrons. The minimum Gasteiger partial charge on any atom is -0.394 e. The Morgan fingerprint density at radius 2 is 1.59 bits per heavy atom. The number of aliphatic hydroxyl groups excluding tert-OH is 5. The predicted octanol–water partition coefficient (Wildman–Crippen LogP) is 2.72. The fourth-order valence-corrected chi connectivity index (χ4v) is 12.5. The minimum absolute atomic E-state index is 0.0365. The Hall–Kier alpha value is -0.690. The van der Waals surface area contributed by atoms with Crippen LogP contribution in [-0.2, 0) is 19.0 Å². The molecule has 0 bridgehead atoms. The van der Waals surface area contributed by atoms with Crippen LogP contribution in [0.15, 0.2) is 0 Å². The molecular formula is C36H60O10. The van der Waals surface area contributed by atoms with Crippen molar-refractivity contribution < 1.29 is 49.6 Å². The number of carbonyl (C=O) groups is 1. The standard InChI is InChI=1S/C36H60O10/c1-31(2)23(39)10-12-33(5)22-15-19(38)25-18(36(8)14-11-24(46-36)32(3,4)43)9-13-34(25,6)35(22,7)16-20(29(31)33)44-30-28(42)27(41)26(40)21(17-37)45-30/h18-22,24-30,37-38,40-43H,9-17H2,1-8H3. The average molecular weight is 653 g/mol. The van der Waals surface area contributed by atoms with Crippen LogP contribution in [0.2, 0.25) is 0 Å². The highest BCUT2D eigenvalue weighted by Gasteiger charge is 2.74. The lowest BCUT2D eigenvalue weighted by Gasteiger charge is -2.71. The fraction of sp³-hybridized carbons (Fsp3) is 0.972. The van der Waals surface area contributed by atoms with Crippen LogP contribution in [0.1, 0.15) is 107 Å². The summed E-state index contributed by atoms with van der Waals surface area (Å²) in [5, 5.41) is 64.9. The summed E-state index contributed by atoms with van der Waals surface area (Å²) >= 11 is 0. The summed E-state index contributed by atoms with van der Waals surface area (Å²) in [6.07, 6.45) is -2.62. The molecule has 6 N–H and O–H groups in total. The molecular weight excluding hydrogens is 592 g/mol. The third-order valence-corrected chi connectivity index (χ3v) is 15.0. The van der Waals surface area contributed by atoms with Crippen molar-refractivity contribution in [3.8, 4) is 0 Å². The summed E-state index contributed by atoms with van der Waals surface area (Å²) in [6.45, 7) is 16.1. The highest BCUT2D eigenvalue weighted by molar-refractivity contribution is 5.85. The van der Waals surface area contributed by atoms with Gasteiger partial charge in [-0.25, -0.2) is 0 Å². The molecule has 16 atom stereocenters. The van der Waals surface area contributed by atoms with Crippen LogP contribution >= 0.6 is 0 Å². The number of Topliss-reactive ketones (excluding diaryl/α,β-unsaturated/α-hetero) is 1. The number of hydrogen-bond acceptors (Lipinski definition) is 10. The van der Waals surface area contributed by atoms with Gasteiger partial charge in [0.05, 0.1) is 36.1 Å². The van der Waals surface area contributed by atoms with E-state index in [0.717, 1.165) is 25.7 Å². The van der Waals surface area contributed by atoms with Crippen molar-refractivity contribution in [3.63, 3.8) is 0 Å². The van der Waals surface area contributed by atoms with Crippen LogP contribution in [-0.4, -0.2) is 103 Å². The Morgan fingerprint density at radius 1 is 0.913 bits per heavy atom. The average Bonchev–Trinajstić information content (AvgIpc) is 3.55. The van der Waals surface area contributed by atoms with E-state index in [0.29, 0.717) is 25.7 Å². The molecule has 4 saturated carbocycles. The molecule has 2 saturated heterocycles. The van der Waals surface area contributed by atoms with Gasteiger partial charge in [0.15, 0.2) is 6.29 Å². The molecule has 0 aromatic heterocycles. The van der Waals surface area contributed by atoms with Crippen molar-refractivity contribution in [2.45, 2.75) is 167 Å². The van der Waals surface area contributed by atoms with Gasteiger partial charge in [-0.15, -0.1) is 0 Å². The van der Waals surface area contributed by atoms with Crippen LogP contribution < -0.4 is 0 Å². The van der Waals surface area contributed by atoms with Gasteiger partial charge in [-0.3, -0.25) is 4.79 Å². The first kappa shape index (κ1) is 35.1. The van der Waals surface area contributed by atoms with Gasteiger partial charge in [0, 0.05) is 17.8 Å². The second-order valence-corrected chi connectivity index (χ2v) is 18.2. The fourth-order valence-electron chi connectivity index (χ4n) is 12.5. The lowest BCUT2D eigenvalue weighted by Crippen LogP contribution is -2.70. The highest BCUT2D eigenvalue weighted by Crippen LogP contribution is 2.76. The van der Waals surface area contributed by atoms with Crippen molar-refractivity contribution in [2.24, 2.45) is 45.3 Å². The van der Waals surface area contributed by atoms with Crippen molar-refractivity contribution in [1.29, 1.82) is 0 Å². The Bertz CT molecular complexity index is 1180. The molecule has 0 aromatic carbocycles. The van der Waals surface area contributed by atoms with Gasteiger partial charge >= 0.3 is 0 Å². The lowest BCUT2D eigenvalue weighted by atomic mass is 9.34. The van der Waals surface area contributed by atoms with Gasteiger partial charge < -0.3 is 44.8 Å². The van der Waals surface area contributed by atoms with Gasteiger partial charge in [-0.2, -0.15) is 0 Å². The topological polar surface area (TPSA) is 166 Å². The van der Waals surface area contributed by atoms with E-state index in [1.807, 2.05) is 13.8 Å². The number of ketones is 1. The smallest absolute Gasteiger partial charge is 0.186 e. The number of ether oxygens (including phenoxy) is 3. The highest BCUT2D eigenvalue weighted by atomic mass is 16.7. The molecule has 4 aliphatic carbocycles. The van der Waals surface area contributed by atoms with E-state index in [1.165, 1.54) is 0 Å². The van der Waals surface area contributed by atoms with Crippen LogP contribution in [0.4, 0.5) is 0 Å². The zero-order chi connectivity index (χ0) is 34.0. The van der Waals surface area contributed by atoms with E-state index in [2.05, 4.69) is 27.7 Å². The second kappa shape index (κ2) is 11.2. The van der Waals surface area contributed by atoms with Crippen molar-refractivity contribution in [1.82, 2.24) is 0 Å². The van der Waals surface area contributed by atoms with Crippen molar-refractivity contribution >= 4 is 5.78 Å². The lowest BCUT2D eigenvalue weighted by molar-refractivity contribution is -0.340. The number of fused-ring (bicyclic) bond motifs is 5. The molecule has 0 radical (unpaired) electrons. The zero-order valence-electron chi connectivity index (χ0n) is 29.1. The maximum atomic E-state index is 13.6. The van der Waals surface area contributed by atoms with Gasteiger partial charge in [-0.05, 0) is 99.7 Å². The largest absolute Gasteiger partial charge is 0.394 e. The van der Waals surface area contributed by atoms with Crippen LogP contribution in [0, 0.1) is 45.3 Å². The summed E-state index contributed by atoms with van der Waals surface area (Å²) in [7, 11) is 0. The van der Waals surface area contributed by atoms with Crippen molar-refractivity contribution in [3.05, 3.63) is 0 Å². The third kappa shape index (κ3) is 4.86. The number of hydrogen-bond donors (Lipinski definition) is 6. The first-order chi connectivity index (χ1) is 21.2. The number of rotatable bonds is 5. The molecule has 16 unspecified atom stereocenters. The number of aliphatic hydroxyl groups is 6. The minimum atomic E-state index is -1.56. The molecule has 0 aromatic rings. The number of carbonyl (C=O) groups excluding carboxylic acids is 1. The van der Waals surface area contributed by atoms with E-state index < -0.39 is 66.1 Å².